The summed E-state index contributed by atoms with van der Waals surface area (Å²) in [5.41, 5.74) is 20.8. The average molecular weight is 202 g/mol. The van der Waals surface area contributed by atoms with Gasteiger partial charge in [-0.2, -0.15) is 0 Å². The van der Waals surface area contributed by atoms with Crippen LogP contribution in [0.2, 0.25) is 0 Å². The molecule has 0 unspecified atom stereocenters. The van der Waals surface area contributed by atoms with Crippen molar-refractivity contribution in [2.24, 2.45) is 22.9 Å². The molecule has 0 aliphatic rings. The van der Waals surface area contributed by atoms with Gasteiger partial charge < -0.3 is 9.47 Å². The molecule has 0 bridgehead atoms. The molecule has 80 valence electrons. The third-order valence-electron chi connectivity index (χ3n) is 1.16. The van der Waals surface area contributed by atoms with Crippen molar-refractivity contribution >= 4 is 6.16 Å². The summed E-state index contributed by atoms with van der Waals surface area (Å²) in [6, 6.07) is 0. The fraction of sp³-hybridized carbons (Fsp3) is 0.286. The minimum atomic E-state index is -1.83. The number of carbonyl (C=O) groups excluding carboxylic acids is 1. The Labute approximate surface area is 81.3 Å². The summed E-state index contributed by atoms with van der Waals surface area (Å²) in [5.74, 6) is -3.65. The van der Waals surface area contributed by atoms with Crippen LogP contribution in [-0.2, 0) is 9.47 Å². The van der Waals surface area contributed by atoms with Crippen molar-refractivity contribution in [1.29, 1.82) is 0 Å². The molecule has 0 spiro atoms. The summed E-state index contributed by atoms with van der Waals surface area (Å²) >= 11 is 0. The van der Waals surface area contributed by atoms with Crippen molar-refractivity contribution in [2.75, 3.05) is 0 Å². The topological polar surface area (TPSA) is 140 Å². The van der Waals surface area contributed by atoms with Gasteiger partial charge in [-0.25, -0.2) is 4.79 Å². The summed E-state index contributed by atoms with van der Waals surface area (Å²) in [6.45, 7) is 6.47. The Morgan fingerprint density at radius 3 is 1.50 bits per heavy atom. The van der Waals surface area contributed by atoms with E-state index in [-0.39, 0.29) is 0 Å². The molecule has 0 atom stereocenters. The lowest BCUT2D eigenvalue weighted by atomic mass is 10.4. The van der Waals surface area contributed by atoms with Gasteiger partial charge in [-0.1, -0.05) is 13.2 Å². The Bertz CT molecular complexity index is 225. The number of hydrogen-bond acceptors (Lipinski definition) is 7. The minimum absolute atomic E-state index is 1.01. The lowest BCUT2D eigenvalue weighted by molar-refractivity contribution is -0.0435. The molecule has 14 heavy (non-hydrogen) atoms. The monoisotopic (exact) mass is 202 g/mol. The van der Waals surface area contributed by atoms with Crippen molar-refractivity contribution in [3.05, 3.63) is 25.3 Å². The molecule has 0 rings (SSSR count). The predicted octanol–water partition coefficient (Wildman–Crippen LogP) is -1.35. The smallest absolute Gasteiger partial charge is 0.395 e. The van der Waals surface area contributed by atoms with Crippen LogP contribution in [-0.4, -0.2) is 17.9 Å². The highest BCUT2D eigenvalue weighted by atomic mass is 16.8. The predicted molar refractivity (Wildman–Crippen MR) is 50.2 cm³/mol. The molecule has 7 nitrogen and oxygen atoms in total. The van der Waals surface area contributed by atoms with Crippen LogP contribution in [0.25, 0.3) is 0 Å². The molecular formula is C7H14N4O3. The van der Waals surface area contributed by atoms with Crippen LogP contribution in [0, 0.1) is 0 Å². The quantitative estimate of drug-likeness (QED) is 0.251. The molecule has 0 fully saturated rings. The molecule has 0 amide bonds. The molecule has 0 heterocycles. The first-order chi connectivity index (χ1) is 6.22. The zero-order valence-electron chi connectivity index (χ0n) is 7.60. The fourth-order valence-electron chi connectivity index (χ4n) is 0.393. The fourth-order valence-corrected chi connectivity index (χ4v) is 0.393. The van der Waals surface area contributed by atoms with Gasteiger partial charge in [0.15, 0.2) is 0 Å². The standard InChI is InChI=1S/C7H14N4O3/c1-3-6(8,9)13-5(12)14-7(10,11)4-2/h3-4H,1-2,8-11H2. The van der Waals surface area contributed by atoms with Crippen molar-refractivity contribution in [1.82, 2.24) is 0 Å². The summed E-state index contributed by atoms with van der Waals surface area (Å²) in [7, 11) is 0. The average Bonchev–Trinajstić information content (AvgIpc) is 2.02. The molecule has 0 aromatic carbocycles. The van der Waals surface area contributed by atoms with Crippen LogP contribution in [0.5, 0.6) is 0 Å². The van der Waals surface area contributed by atoms with E-state index in [0.29, 0.717) is 0 Å². The molecule has 0 saturated heterocycles. The Morgan fingerprint density at radius 2 is 1.29 bits per heavy atom. The van der Waals surface area contributed by atoms with Gasteiger partial charge in [-0.15, -0.1) is 0 Å². The summed E-state index contributed by atoms with van der Waals surface area (Å²) in [4.78, 5) is 10.9. The van der Waals surface area contributed by atoms with Crippen LogP contribution in [0.3, 0.4) is 0 Å². The maximum absolute atomic E-state index is 10.9. The Balaban J connectivity index is 4.25. The Hall–Kier alpha value is -1.41. The maximum Gasteiger partial charge on any atom is 0.514 e. The van der Waals surface area contributed by atoms with Gasteiger partial charge in [0.25, 0.3) is 0 Å². The number of nitrogens with two attached hydrogens (primary N) is 4. The van der Waals surface area contributed by atoms with E-state index in [9.17, 15) is 4.79 Å². The molecule has 7 heteroatoms. The van der Waals surface area contributed by atoms with Crippen molar-refractivity contribution < 1.29 is 14.3 Å². The second kappa shape index (κ2) is 4.20. The number of ether oxygens (including phenoxy) is 2. The van der Waals surface area contributed by atoms with E-state index in [1.54, 1.807) is 0 Å². The molecule has 0 aromatic heterocycles. The molecular weight excluding hydrogens is 188 g/mol. The number of rotatable bonds is 4. The zero-order valence-corrected chi connectivity index (χ0v) is 7.60. The molecule has 0 saturated carbocycles. The van der Waals surface area contributed by atoms with E-state index < -0.39 is 17.9 Å². The molecule has 0 radical (unpaired) electrons. The lowest BCUT2D eigenvalue weighted by Gasteiger charge is -2.24. The highest BCUT2D eigenvalue weighted by Crippen LogP contribution is 2.02. The van der Waals surface area contributed by atoms with Gasteiger partial charge in [-0.05, 0) is 12.2 Å². The third-order valence-corrected chi connectivity index (χ3v) is 1.16. The van der Waals surface area contributed by atoms with Gasteiger partial charge in [0.05, 0.1) is 0 Å². The van der Waals surface area contributed by atoms with Gasteiger partial charge >= 0.3 is 6.16 Å². The zero-order chi connectivity index (χ0) is 11.4. The first kappa shape index (κ1) is 12.6. The van der Waals surface area contributed by atoms with E-state index >= 15 is 0 Å². The highest BCUT2D eigenvalue weighted by Gasteiger charge is 2.26. The Kier molecular flexibility index (Phi) is 3.78. The maximum atomic E-state index is 10.9. The van der Waals surface area contributed by atoms with Gasteiger partial charge in [0.2, 0.25) is 11.7 Å². The van der Waals surface area contributed by atoms with E-state index in [4.69, 9.17) is 22.9 Å². The van der Waals surface area contributed by atoms with E-state index in [1.165, 1.54) is 0 Å². The molecule has 0 aliphatic heterocycles. The van der Waals surface area contributed by atoms with E-state index in [2.05, 4.69) is 22.6 Å². The molecule has 0 aliphatic carbocycles. The van der Waals surface area contributed by atoms with Gasteiger partial charge in [0.1, 0.15) is 0 Å². The van der Waals surface area contributed by atoms with Gasteiger partial charge in [-0.3, -0.25) is 22.9 Å². The second-order valence-corrected chi connectivity index (χ2v) is 2.57. The number of carbonyl (C=O) groups is 1. The first-order valence-electron chi connectivity index (χ1n) is 3.57. The lowest BCUT2D eigenvalue weighted by Crippen LogP contribution is -2.55. The largest absolute Gasteiger partial charge is 0.514 e. The van der Waals surface area contributed by atoms with Crippen LogP contribution >= 0.6 is 0 Å². The van der Waals surface area contributed by atoms with Crippen molar-refractivity contribution in [3.8, 4) is 0 Å². The highest BCUT2D eigenvalue weighted by molar-refractivity contribution is 5.61. The summed E-state index contributed by atoms with van der Waals surface area (Å²) in [5, 5.41) is 0. The third kappa shape index (κ3) is 4.58. The summed E-state index contributed by atoms with van der Waals surface area (Å²) in [6.07, 6.45) is 0.799. The number of hydrogen-bond donors (Lipinski definition) is 4. The summed E-state index contributed by atoms with van der Waals surface area (Å²) < 4.78 is 8.79. The second-order valence-electron chi connectivity index (χ2n) is 2.57. The van der Waals surface area contributed by atoms with Crippen molar-refractivity contribution in [3.63, 3.8) is 0 Å². The van der Waals surface area contributed by atoms with Crippen molar-refractivity contribution in [2.45, 2.75) is 11.7 Å². The van der Waals surface area contributed by atoms with Crippen LogP contribution in [0.4, 0.5) is 4.79 Å². The minimum Gasteiger partial charge on any atom is -0.395 e. The normalized spacial score (nSPS) is 11.7. The SMILES string of the molecule is C=CC(N)(N)OC(=O)OC(N)(N)C=C. The van der Waals surface area contributed by atoms with Crippen LogP contribution in [0.1, 0.15) is 0 Å². The van der Waals surface area contributed by atoms with Crippen LogP contribution < -0.4 is 22.9 Å². The van der Waals surface area contributed by atoms with E-state index in [1.807, 2.05) is 0 Å². The first-order valence-corrected chi connectivity index (χ1v) is 3.57. The van der Waals surface area contributed by atoms with Gasteiger partial charge in [0, 0.05) is 0 Å². The van der Waals surface area contributed by atoms with Crippen LogP contribution in [0.15, 0.2) is 25.3 Å². The molecule has 0 aromatic rings. The molecule has 8 N–H and O–H groups in total. The van der Waals surface area contributed by atoms with E-state index in [0.717, 1.165) is 12.2 Å². The Morgan fingerprint density at radius 1 is 1.00 bits per heavy atom.